The fraction of sp³-hybridized carbons (Fsp3) is 0.476. The van der Waals surface area contributed by atoms with Crippen molar-refractivity contribution in [1.29, 1.82) is 0 Å². The Morgan fingerprint density at radius 3 is 3.08 bits per heavy atom. The number of hydrogen-bond acceptors (Lipinski definition) is 5. The molecular formula is C21H24N4O. The lowest BCUT2D eigenvalue weighted by molar-refractivity contribution is 0.0467. The molecule has 5 heteroatoms. The minimum absolute atomic E-state index is 0.435. The van der Waals surface area contributed by atoms with Gasteiger partial charge in [0.05, 0.1) is 17.5 Å². The molecule has 2 bridgehead atoms. The van der Waals surface area contributed by atoms with Gasteiger partial charge in [-0.3, -0.25) is 0 Å². The summed E-state index contributed by atoms with van der Waals surface area (Å²) in [4.78, 5) is 7.17. The summed E-state index contributed by atoms with van der Waals surface area (Å²) in [5.74, 6) is 0.951. The average Bonchev–Trinajstić information content (AvgIpc) is 3.32. The molecule has 2 saturated carbocycles. The van der Waals surface area contributed by atoms with Gasteiger partial charge in [-0.1, -0.05) is 6.07 Å². The van der Waals surface area contributed by atoms with Gasteiger partial charge in [-0.05, 0) is 55.4 Å². The zero-order valence-electron chi connectivity index (χ0n) is 15.0. The second-order valence-corrected chi connectivity index (χ2v) is 8.36. The highest BCUT2D eigenvalue weighted by molar-refractivity contribution is 5.80. The van der Waals surface area contributed by atoms with Crippen LogP contribution >= 0.6 is 0 Å². The van der Waals surface area contributed by atoms with Crippen molar-refractivity contribution in [2.45, 2.75) is 50.4 Å². The van der Waals surface area contributed by atoms with E-state index in [1.54, 1.807) is 0 Å². The van der Waals surface area contributed by atoms with Crippen LogP contribution in [0.4, 0.5) is 22.9 Å². The third kappa shape index (κ3) is 2.04. The maximum atomic E-state index is 5.73. The molecule has 2 N–H and O–H groups in total. The van der Waals surface area contributed by atoms with E-state index in [1.165, 1.54) is 36.2 Å². The first kappa shape index (κ1) is 14.9. The predicted octanol–water partition coefficient (Wildman–Crippen LogP) is 3.90. The molecule has 2 aromatic rings. The van der Waals surface area contributed by atoms with Gasteiger partial charge in [0.25, 0.3) is 0 Å². The topological polar surface area (TPSA) is 49.4 Å². The van der Waals surface area contributed by atoms with Crippen LogP contribution in [0.2, 0.25) is 0 Å². The monoisotopic (exact) mass is 348 g/mol. The van der Waals surface area contributed by atoms with Gasteiger partial charge in [-0.2, -0.15) is 0 Å². The van der Waals surface area contributed by atoms with Gasteiger partial charge >= 0.3 is 0 Å². The second kappa shape index (κ2) is 5.13. The number of piperidine rings is 1. The molecular weight excluding hydrogens is 324 g/mol. The SMILES string of the molecule is CO[C@H]1C[C@H]2CC3(C1)C[C@@H]3N2c1ccc2c(c1)NCc1cccnc1N2. The highest BCUT2D eigenvalue weighted by atomic mass is 16.5. The molecule has 3 fully saturated rings. The van der Waals surface area contributed by atoms with Crippen LogP contribution < -0.4 is 15.5 Å². The summed E-state index contributed by atoms with van der Waals surface area (Å²) in [7, 11) is 1.87. The van der Waals surface area contributed by atoms with Crippen molar-refractivity contribution in [3.05, 3.63) is 42.1 Å². The Morgan fingerprint density at radius 2 is 2.15 bits per heavy atom. The third-order valence-electron chi connectivity index (χ3n) is 6.94. The normalized spacial score (nSPS) is 33.3. The summed E-state index contributed by atoms with van der Waals surface area (Å²) in [5.41, 5.74) is 5.35. The number of hydrogen-bond donors (Lipinski definition) is 2. The fourth-order valence-electron chi connectivity index (χ4n) is 5.63. The average molecular weight is 348 g/mol. The molecule has 0 radical (unpaired) electrons. The van der Waals surface area contributed by atoms with Crippen LogP contribution in [0.5, 0.6) is 0 Å². The number of rotatable bonds is 2. The van der Waals surface area contributed by atoms with Crippen LogP contribution in [0.3, 0.4) is 0 Å². The smallest absolute Gasteiger partial charge is 0.135 e. The van der Waals surface area contributed by atoms with Crippen LogP contribution in [0.15, 0.2) is 36.5 Å². The molecule has 1 unspecified atom stereocenters. The number of benzene rings is 1. The Morgan fingerprint density at radius 1 is 1.19 bits per heavy atom. The molecule has 3 heterocycles. The number of methoxy groups -OCH3 is 1. The molecule has 1 aromatic carbocycles. The summed E-state index contributed by atoms with van der Waals surface area (Å²) in [6.45, 7) is 0.801. The number of fused-ring (bicyclic) bond motifs is 3. The maximum absolute atomic E-state index is 5.73. The lowest BCUT2D eigenvalue weighted by Gasteiger charge is -2.34. The number of nitrogens with one attached hydrogen (secondary N) is 2. The van der Waals surface area contributed by atoms with Gasteiger partial charge in [0.1, 0.15) is 5.82 Å². The van der Waals surface area contributed by atoms with E-state index in [1.807, 2.05) is 19.4 Å². The van der Waals surface area contributed by atoms with E-state index in [-0.39, 0.29) is 0 Å². The largest absolute Gasteiger partial charge is 0.381 e. The van der Waals surface area contributed by atoms with E-state index in [0.29, 0.717) is 23.6 Å². The van der Waals surface area contributed by atoms with E-state index in [2.05, 4.69) is 44.8 Å². The molecule has 4 atom stereocenters. The van der Waals surface area contributed by atoms with Crippen LogP contribution in [0.25, 0.3) is 0 Å². The van der Waals surface area contributed by atoms with E-state index in [4.69, 9.17) is 4.74 Å². The molecule has 0 amide bonds. The molecule has 1 aromatic heterocycles. The van der Waals surface area contributed by atoms with Crippen molar-refractivity contribution in [1.82, 2.24) is 4.98 Å². The maximum Gasteiger partial charge on any atom is 0.135 e. The fourth-order valence-corrected chi connectivity index (χ4v) is 5.63. The number of ether oxygens (including phenoxy) is 1. The van der Waals surface area contributed by atoms with Crippen molar-refractivity contribution < 1.29 is 4.74 Å². The van der Waals surface area contributed by atoms with Gasteiger partial charge in [-0.25, -0.2) is 4.98 Å². The molecule has 26 heavy (non-hydrogen) atoms. The standard InChI is InChI=1S/C21H24N4O/c1-26-16-7-15-9-21(10-16)11-19(21)25(15)14-4-5-17-18(8-14)23-12-13-3-2-6-22-20(13)24-17/h2-6,8,15-16,19,23H,7,9-12H2,1H3,(H,22,24)/t15-,16-,19-,21?/m0/s1. The van der Waals surface area contributed by atoms with Gasteiger partial charge in [-0.15, -0.1) is 0 Å². The number of pyridine rings is 1. The first-order valence-corrected chi connectivity index (χ1v) is 9.66. The van der Waals surface area contributed by atoms with E-state index >= 15 is 0 Å². The van der Waals surface area contributed by atoms with Gasteiger partial charge in [0.15, 0.2) is 0 Å². The van der Waals surface area contributed by atoms with Crippen LogP contribution in [0, 0.1) is 5.41 Å². The lowest BCUT2D eigenvalue weighted by Crippen LogP contribution is -2.37. The summed E-state index contributed by atoms with van der Waals surface area (Å²) in [5, 5.41) is 7.09. The third-order valence-corrected chi connectivity index (χ3v) is 6.94. The van der Waals surface area contributed by atoms with E-state index in [0.717, 1.165) is 24.5 Å². The Bertz CT molecular complexity index is 884. The highest BCUT2D eigenvalue weighted by Crippen LogP contribution is 2.66. The van der Waals surface area contributed by atoms with E-state index in [9.17, 15) is 0 Å². The molecule has 1 saturated heterocycles. The Kier molecular flexibility index (Phi) is 2.93. The Balaban J connectivity index is 1.33. The molecule has 4 aliphatic rings. The highest BCUT2D eigenvalue weighted by Gasteiger charge is 2.67. The molecule has 6 rings (SSSR count). The van der Waals surface area contributed by atoms with Gasteiger partial charge in [0, 0.05) is 43.2 Å². The van der Waals surface area contributed by atoms with Crippen molar-refractivity contribution in [3.63, 3.8) is 0 Å². The number of nitrogens with zero attached hydrogens (tertiary/aromatic N) is 2. The molecule has 5 nitrogen and oxygen atoms in total. The van der Waals surface area contributed by atoms with Crippen molar-refractivity contribution in [2.24, 2.45) is 5.41 Å². The summed E-state index contributed by atoms with van der Waals surface area (Å²) < 4.78 is 5.73. The van der Waals surface area contributed by atoms with E-state index < -0.39 is 0 Å². The first-order chi connectivity index (χ1) is 12.8. The summed E-state index contributed by atoms with van der Waals surface area (Å²) in [6.07, 6.45) is 7.36. The van der Waals surface area contributed by atoms with Gasteiger partial charge < -0.3 is 20.3 Å². The van der Waals surface area contributed by atoms with Crippen molar-refractivity contribution in [2.75, 3.05) is 22.6 Å². The zero-order valence-corrected chi connectivity index (χ0v) is 15.0. The van der Waals surface area contributed by atoms with Crippen molar-refractivity contribution in [3.8, 4) is 0 Å². The van der Waals surface area contributed by atoms with Crippen LogP contribution in [0.1, 0.15) is 31.2 Å². The molecule has 2 aliphatic heterocycles. The van der Waals surface area contributed by atoms with Gasteiger partial charge in [0.2, 0.25) is 0 Å². The number of anilines is 4. The first-order valence-electron chi connectivity index (χ1n) is 9.66. The Labute approximate surface area is 153 Å². The summed E-state index contributed by atoms with van der Waals surface area (Å²) >= 11 is 0. The van der Waals surface area contributed by atoms with Crippen LogP contribution in [-0.2, 0) is 11.3 Å². The Hall–Kier alpha value is -2.27. The second-order valence-electron chi connectivity index (χ2n) is 8.36. The minimum atomic E-state index is 0.435. The van der Waals surface area contributed by atoms with Crippen LogP contribution in [-0.4, -0.2) is 30.3 Å². The lowest BCUT2D eigenvalue weighted by atomic mass is 9.83. The quantitative estimate of drug-likeness (QED) is 0.862. The molecule has 2 aliphatic carbocycles. The molecule has 134 valence electrons. The minimum Gasteiger partial charge on any atom is -0.381 e. The zero-order chi connectivity index (χ0) is 17.3. The summed E-state index contributed by atoms with van der Waals surface area (Å²) in [6, 6.07) is 12.3. The predicted molar refractivity (Wildman–Crippen MR) is 103 cm³/mol. The number of aromatic nitrogens is 1. The van der Waals surface area contributed by atoms with Crippen molar-refractivity contribution >= 4 is 22.9 Å². The molecule has 1 spiro atoms.